The number of hydrogen-bond acceptors (Lipinski definition) is 5. The number of carbonyl (C=O) groups is 1. The maximum atomic E-state index is 11.9. The highest BCUT2D eigenvalue weighted by Gasteiger charge is 2.21. The molecule has 0 atom stereocenters. The van der Waals surface area contributed by atoms with Crippen molar-refractivity contribution in [3.05, 3.63) is 10.9 Å². The minimum Gasteiger partial charge on any atom is -0.349 e. The molecular formula is C11H12N2OS3. The fourth-order valence-corrected chi connectivity index (χ4v) is 4.42. The van der Waals surface area contributed by atoms with Crippen molar-refractivity contribution in [2.75, 3.05) is 6.26 Å². The van der Waals surface area contributed by atoms with Crippen LogP contribution in [0.4, 0.5) is 0 Å². The van der Waals surface area contributed by atoms with Crippen molar-refractivity contribution < 1.29 is 4.79 Å². The molecule has 3 nitrogen and oxygen atoms in total. The third-order valence-electron chi connectivity index (χ3n) is 2.91. The van der Waals surface area contributed by atoms with Gasteiger partial charge >= 0.3 is 0 Å². The molecule has 1 N–H and O–H groups in total. The van der Waals surface area contributed by atoms with Crippen LogP contribution in [0.2, 0.25) is 0 Å². The van der Waals surface area contributed by atoms with Crippen LogP contribution in [0, 0.1) is 0 Å². The van der Waals surface area contributed by atoms with Gasteiger partial charge in [-0.25, -0.2) is 4.98 Å². The van der Waals surface area contributed by atoms with Crippen LogP contribution < -0.4 is 5.32 Å². The lowest BCUT2D eigenvalue weighted by molar-refractivity contribution is 0.0921. The fourth-order valence-electron chi connectivity index (χ4n) is 1.72. The molecule has 1 aliphatic rings. The van der Waals surface area contributed by atoms with Crippen LogP contribution in [0.25, 0.3) is 9.53 Å². The molecule has 2 aromatic heterocycles. The second kappa shape index (κ2) is 4.59. The number of aromatic nitrogens is 1. The number of fused-ring (bicyclic) bond motifs is 1. The summed E-state index contributed by atoms with van der Waals surface area (Å²) in [6, 6.07) is 2.36. The molecular weight excluding hydrogens is 272 g/mol. The summed E-state index contributed by atoms with van der Waals surface area (Å²) in [7, 11) is 0. The number of thiazole rings is 1. The second-order valence-corrected chi connectivity index (χ2v) is 7.18. The van der Waals surface area contributed by atoms with Crippen LogP contribution in [-0.2, 0) is 0 Å². The number of amides is 1. The molecule has 1 saturated carbocycles. The molecule has 0 spiro atoms. The SMILES string of the molecule is CSc1nc2sc(C(=O)NC3CCC3)cc2s1. The van der Waals surface area contributed by atoms with E-state index in [-0.39, 0.29) is 5.91 Å². The maximum Gasteiger partial charge on any atom is 0.261 e. The fraction of sp³-hybridized carbons (Fsp3) is 0.455. The van der Waals surface area contributed by atoms with E-state index < -0.39 is 0 Å². The van der Waals surface area contributed by atoms with Crippen LogP contribution in [0.15, 0.2) is 10.4 Å². The molecule has 0 unspecified atom stereocenters. The van der Waals surface area contributed by atoms with Gasteiger partial charge < -0.3 is 5.32 Å². The molecule has 2 heterocycles. The van der Waals surface area contributed by atoms with Gasteiger partial charge in [-0.3, -0.25) is 4.79 Å². The quantitative estimate of drug-likeness (QED) is 0.879. The van der Waals surface area contributed by atoms with Gasteiger partial charge in [0.05, 0.1) is 9.58 Å². The Kier molecular flexibility index (Phi) is 3.10. The first kappa shape index (κ1) is 11.5. The van der Waals surface area contributed by atoms with Crippen LogP contribution in [0.1, 0.15) is 28.9 Å². The van der Waals surface area contributed by atoms with Gasteiger partial charge in [-0.05, 0) is 31.6 Å². The molecule has 0 aliphatic heterocycles. The minimum atomic E-state index is 0.0654. The monoisotopic (exact) mass is 284 g/mol. The maximum absolute atomic E-state index is 11.9. The number of hydrogen-bond donors (Lipinski definition) is 1. The lowest BCUT2D eigenvalue weighted by Crippen LogP contribution is -2.39. The van der Waals surface area contributed by atoms with Gasteiger partial charge in [0.25, 0.3) is 5.91 Å². The number of nitrogens with zero attached hydrogens (tertiary/aromatic N) is 1. The summed E-state index contributed by atoms with van der Waals surface area (Å²) in [5, 5.41) is 3.06. The summed E-state index contributed by atoms with van der Waals surface area (Å²) < 4.78 is 2.19. The van der Waals surface area contributed by atoms with E-state index >= 15 is 0 Å². The molecule has 3 rings (SSSR count). The second-order valence-electron chi connectivity index (χ2n) is 4.07. The van der Waals surface area contributed by atoms with Crippen molar-refractivity contribution in [3.63, 3.8) is 0 Å². The van der Waals surface area contributed by atoms with Crippen molar-refractivity contribution in [1.29, 1.82) is 0 Å². The lowest BCUT2D eigenvalue weighted by atomic mass is 9.93. The normalized spacial score (nSPS) is 16.1. The zero-order valence-corrected chi connectivity index (χ0v) is 11.8. The predicted octanol–water partition coefficient (Wildman–Crippen LogP) is 3.36. The molecule has 0 saturated heterocycles. The first-order chi connectivity index (χ1) is 8.26. The van der Waals surface area contributed by atoms with Crippen molar-refractivity contribution in [2.45, 2.75) is 29.6 Å². The molecule has 0 bridgehead atoms. The highest BCUT2D eigenvalue weighted by Crippen LogP contribution is 2.34. The van der Waals surface area contributed by atoms with E-state index in [0.717, 1.165) is 31.6 Å². The molecule has 1 aliphatic carbocycles. The molecule has 90 valence electrons. The summed E-state index contributed by atoms with van der Waals surface area (Å²) in [6.07, 6.45) is 5.51. The van der Waals surface area contributed by atoms with Crippen LogP contribution in [-0.4, -0.2) is 23.2 Å². The predicted molar refractivity (Wildman–Crippen MR) is 74.4 cm³/mol. The Hall–Kier alpha value is -0.590. The highest BCUT2D eigenvalue weighted by atomic mass is 32.2. The lowest BCUT2D eigenvalue weighted by Gasteiger charge is -2.25. The number of nitrogens with one attached hydrogen (secondary N) is 1. The Balaban J connectivity index is 1.79. The summed E-state index contributed by atoms with van der Waals surface area (Å²) in [6.45, 7) is 0. The number of rotatable bonds is 3. The molecule has 17 heavy (non-hydrogen) atoms. The smallest absolute Gasteiger partial charge is 0.261 e. The van der Waals surface area contributed by atoms with Crippen LogP contribution in [0.5, 0.6) is 0 Å². The van der Waals surface area contributed by atoms with Crippen molar-refractivity contribution in [1.82, 2.24) is 10.3 Å². The Morgan fingerprint density at radius 2 is 2.35 bits per heavy atom. The van der Waals surface area contributed by atoms with Gasteiger partial charge in [-0.2, -0.15) is 0 Å². The van der Waals surface area contributed by atoms with E-state index in [9.17, 15) is 4.79 Å². The molecule has 2 aromatic rings. The van der Waals surface area contributed by atoms with Gasteiger partial charge in [0.15, 0.2) is 4.34 Å². The molecule has 0 aromatic carbocycles. The Morgan fingerprint density at radius 3 is 2.94 bits per heavy atom. The summed E-state index contributed by atoms with van der Waals surface area (Å²) in [4.78, 5) is 18.2. The summed E-state index contributed by atoms with van der Waals surface area (Å²) in [5.41, 5.74) is 0. The molecule has 6 heteroatoms. The Morgan fingerprint density at radius 1 is 1.53 bits per heavy atom. The Bertz CT molecular complexity index is 525. The third-order valence-corrected chi connectivity index (χ3v) is 6.05. The average Bonchev–Trinajstić information content (AvgIpc) is 2.79. The van der Waals surface area contributed by atoms with Crippen molar-refractivity contribution >= 4 is 49.9 Å². The van der Waals surface area contributed by atoms with E-state index in [1.165, 1.54) is 17.8 Å². The topological polar surface area (TPSA) is 42.0 Å². The van der Waals surface area contributed by atoms with E-state index in [0.29, 0.717) is 6.04 Å². The standard InChI is InChI=1S/C11H12N2OS3/c1-15-11-13-10-8(17-11)5-7(16-10)9(14)12-6-3-2-4-6/h5-6H,2-4H2,1H3,(H,12,14). The van der Waals surface area contributed by atoms with Gasteiger partial charge in [-0.1, -0.05) is 11.8 Å². The zero-order valence-electron chi connectivity index (χ0n) is 9.36. The van der Waals surface area contributed by atoms with Gasteiger partial charge in [0, 0.05) is 6.04 Å². The number of thiophene rings is 1. The van der Waals surface area contributed by atoms with Gasteiger partial charge in [-0.15, -0.1) is 22.7 Å². The van der Waals surface area contributed by atoms with Crippen molar-refractivity contribution in [3.8, 4) is 0 Å². The van der Waals surface area contributed by atoms with E-state index in [1.54, 1.807) is 23.1 Å². The first-order valence-electron chi connectivity index (χ1n) is 5.51. The van der Waals surface area contributed by atoms with E-state index in [1.807, 2.05) is 12.3 Å². The highest BCUT2D eigenvalue weighted by molar-refractivity contribution is 8.00. The van der Waals surface area contributed by atoms with Crippen molar-refractivity contribution in [2.24, 2.45) is 0 Å². The van der Waals surface area contributed by atoms with Crippen LogP contribution >= 0.6 is 34.4 Å². The summed E-state index contributed by atoms with van der Waals surface area (Å²) in [5.74, 6) is 0.0654. The first-order valence-corrected chi connectivity index (χ1v) is 8.37. The van der Waals surface area contributed by atoms with E-state index in [2.05, 4.69) is 10.3 Å². The zero-order chi connectivity index (χ0) is 11.8. The average molecular weight is 284 g/mol. The van der Waals surface area contributed by atoms with E-state index in [4.69, 9.17) is 0 Å². The minimum absolute atomic E-state index is 0.0654. The van der Waals surface area contributed by atoms with Crippen LogP contribution in [0.3, 0.4) is 0 Å². The Labute approximate surface area is 112 Å². The van der Waals surface area contributed by atoms with Gasteiger partial charge in [0.1, 0.15) is 4.83 Å². The van der Waals surface area contributed by atoms with Gasteiger partial charge in [0.2, 0.25) is 0 Å². The third kappa shape index (κ3) is 2.21. The molecule has 1 amide bonds. The number of thioether (sulfide) groups is 1. The summed E-state index contributed by atoms with van der Waals surface area (Å²) >= 11 is 4.80. The number of carbonyl (C=O) groups excluding carboxylic acids is 1. The largest absolute Gasteiger partial charge is 0.349 e. The molecule has 1 fully saturated rings. The molecule has 0 radical (unpaired) electrons.